The number of nitrogens with zero attached hydrogens (tertiary/aromatic N) is 1. The van der Waals surface area contributed by atoms with Gasteiger partial charge in [0, 0.05) is 28.7 Å². The number of halogens is 2. The second-order valence-electron chi connectivity index (χ2n) is 4.13. The van der Waals surface area contributed by atoms with Crippen molar-refractivity contribution in [3.63, 3.8) is 0 Å². The molecule has 0 aliphatic rings. The highest BCUT2D eigenvalue weighted by Crippen LogP contribution is 2.36. The van der Waals surface area contributed by atoms with Crippen LogP contribution in [-0.2, 0) is 9.84 Å². The molecule has 1 rings (SSSR count). The molecule has 0 aliphatic carbocycles. The molecule has 0 fully saturated rings. The molecule has 2 N–H and O–H groups in total. The van der Waals surface area contributed by atoms with Gasteiger partial charge in [0.25, 0.3) is 0 Å². The number of rotatable bonds is 6. The van der Waals surface area contributed by atoms with Crippen LogP contribution in [0.1, 0.15) is 10.9 Å². The summed E-state index contributed by atoms with van der Waals surface area (Å²) in [5, 5.41) is 0. The van der Waals surface area contributed by atoms with Crippen molar-refractivity contribution in [1.29, 1.82) is 0 Å². The summed E-state index contributed by atoms with van der Waals surface area (Å²) >= 11 is 8.50. The molecule has 18 heavy (non-hydrogen) atoms. The Labute approximate surface area is 129 Å². The Hall–Kier alpha value is 0.530. The number of hydrogen-bond acceptors (Lipinski definition) is 5. The van der Waals surface area contributed by atoms with Gasteiger partial charge in [0.15, 0.2) is 0 Å². The lowest BCUT2D eigenvalue weighted by Gasteiger charge is -2.25. The SMILES string of the molecule is CN(CCS(C)(=O)=O)C(CN)c1cc(Br)c(Br)s1. The molecule has 1 unspecified atom stereocenters. The largest absolute Gasteiger partial charge is 0.329 e. The lowest BCUT2D eigenvalue weighted by atomic mass is 10.2. The van der Waals surface area contributed by atoms with Gasteiger partial charge < -0.3 is 5.73 Å². The Morgan fingerprint density at radius 1 is 1.50 bits per heavy atom. The number of likely N-dealkylation sites (N-methyl/N-ethyl adjacent to an activating group) is 1. The van der Waals surface area contributed by atoms with Gasteiger partial charge >= 0.3 is 0 Å². The smallest absolute Gasteiger partial charge is 0.148 e. The summed E-state index contributed by atoms with van der Waals surface area (Å²) < 4.78 is 24.4. The van der Waals surface area contributed by atoms with Crippen LogP contribution < -0.4 is 5.73 Å². The first-order chi connectivity index (χ1) is 8.24. The van der Waals surface area contributed by atoms with Crippen molar-refractivity contribution in [2.24, 2.45) is 5.73 Å². The highest BCUT2D eigenvalue weighted by Gasteiger charge is 2.19. The second kappa shape index (κ2) is 6.81. The summed E-state index contributed by atoms with van der Waals surface area (Å²) in [4.78, 5) is 3.10. The Balaban J connectivity index is 2.77. The first-order valence-corrected chi connectivity index (χ1v) is 9.73. The number of sulfone groups is 1. The third kappa shape index (κ3) is 4.90. The first-order valence-electron chi connectivity index (χ1n) is 5.27. The van der Waals surface area contributed by atoms with Crippen molar-refractivity contribution in [3.05, 3.63) is 19.2 Å². The minimum absolute atomic E-state index is 0.0411. The third-order valence-corrected chi connectivity index (χ3v) is 6.84. The topological polar surface area (TPSA) is 63.4 Å². The van der Waals surface area contributed by atoms with E-state index in [-0.39, 0.29) is 11.8 Å². The summed E-state index contributed by atoms with van der Waals surface area (Å²) in [6, 6.07) is 2.06. The molecule has 1 atom stereocenters. The van der Waals surface area contributed by atoms with Crippen LogP contribution >= 0.6 is 43.2 Å². The molecule has 0 bridgehead atoms. The van der Waals surface area contributed by atoms with E-state index in [4.69, 9.17) is 5.73 Å². The molecule has 1 aromatic rings. The van der Waals surface area contributed by atoms with Crippen molar-refractivity contribution in [1.82, 2.24) is 4.90 Å². The van der Waals surface area contributed by atoms with Crippen LogP contribution in [0.2, 0.25) is 0 Å². The second-order valence-corrected chi connectivity index (χ2v) is 9.65. The zero-order valence-electron chi connectivity index (χ0n) is 10.2. The number of nitrogens with two attached hydrogens (primary N) is 1. The number of hydrogen-bond donors (Lipinski definition) is 1. The lowest BCUT2D eigenvalue weighted by Crippen LogP contribution is -2.33. The fourth-order valence-corrected chi connectivity index (χ4v) is 4.39. The molecule has 0 amide bonds. The van der Waals surface area contributed by atoms with E-state index in [0.717, 1.165) is 13.1 Å². The molecule has 0 spiro atoms. The van der Waals surface area contributed by atoms with Gasteiger partial charge in [-0.2, -0.15) is 0 Å². The highest BCUT2D eigenvalue weighted by molar-refractivity contribution is 9.13. The molecule has 0 saturated heterocycles. The molecule has 1 heterocycles. The first kappa shape index (κ1) is 16.6. The Bertz CT molecular complexity index is 482. The van der Waals surface area contributed by atoms with Gasteiger partial charge in [0.2, 0.25) is 0 Å². The van der Waals surface area contributed by atoms with E-state index in [1.807, 2.05) is 18.0 Å². The maximum atomic E-state index is 11.2. The molecular weight excluding hydrogens is 404 g/mol. The van der Waals surface area contributed by atoms with Gasteiger partial charge in [0.05, 0.1) is 15.6 Å². The summed E-state index contributed by atoms with van der Waals surface area (Å²) in [7, 11) is -1.05. The molecule has 4 nitrogen and oxygen atoms in total. The van der Waals surface area contributed by atoms with E-state index in [1.165, 1.54) is 6.26 Å². The maximum Gasteiger partial charge on any atom is 0.148 e. The summed E-state index contributed by atoms with van der Waals surface area (Å²) in [5.74, 6) is 0.147. The predicted octanol–water partition coefficient (Wildman–Crippen LogP) is 2.25. The van der Waals surface area contributed by atoms with Crippen LogP contribution in [0.4, 0.5) is 0 Å². The average Bonchev–Trinajstić information content (AvgIpc) is 2.56. The van der Waals surface area contributed by atoms with E-state index in [0.29, 0.717) is 13.1 Å². The van der Waals surface area contributed by atoms with E-state index in [1.54, 1.807) is 11.3 Å². The molecule has 1 aromatic heterocycles. The van der Waals surface area contributed by atoms with Gasteiger partial charge in [-0.05, 0) is 45.0 Å². The van der Waals surface area contributed by atoms with Crippen LogP contribution in [-0.4, -0.2) is 45.5 Å². The van der Waals surface area contributed by atoms with Gasteiger partial charge in [-0.1, -0.05) is 0 Å². The van der Waals surface area contributed by atoms with E-state index >= 15 is 0 Å². The standard InChI is InChI=1S/C10H16Br2N2O2S2/c1-14(3-4-18(2,15)16)8(6-13)9-5-7(11)10(12)17-9/h5,8H,3-4,6,13H2,1-2H3. The van der Waals surface area contributed by atoms with Crippen LogP contribution in [0.15, 0.2) is 14.3 Å². The van der Waals surface area contributed by atoms with Crippen molar-refractivity contribution < 1.29 is 8.42 Å². The minimum Gasteiger partial charge on any atom is -0.329 e. The minimum atomic E-state index is -2.94. The van der Waals surface area contributed by atoms with Crippen LogP contribution in [0.25, 0.3) is 0 Å². The van der Waals surface area contributed by atoms with Crippen LogP contribution in [0.3, 0.4) is 0 Å². The van der Waals surface area contributed by atoms with Gasteiger partial charge in [0.1, 0.15) is 9.84 Å². The average molecular weight is 420 g/mol. The lowest BCUT2D eigenvalue weighted by molar-refractivity contribution is 0.268. The highest BCUT2D eigenvalue weighted by atomic mass is 79.9. The summed E-state index contributed by atoms with van der Waals surface area (Å²) in [6.07, 6.45) is 1.25. The normalized spacial score (nSPS) is 14.1. The molecule has 0 saturated carbocycles. The third-order valence-electron chi connectivity index (χ3n) is 2.56. The Kier molecular flexibility index (Phi) is 6.27. The maximum absolute atomic E-state index is 11.2. The van der Waals surface area contributed by atoms with Crippen molar-refractivity contribution >= 4 is 53.0 Å². The van der Waals surface area contributed by atoms with E-state index in [9.17, 15) is 8.42 Å². The fourth-order valence-electron chi connectivity index (χ4n) is 1.51. The number of thiophene rings is 1. The monoisotopic (exact) mass is 418 g/mol. The molecule has 104 valence electrons. The van der Waals surface area contributed by atoms with Gasteiger partial charge in [-0.3, -0.25) is 4.90 Å². The van der Waals surface area contributed by atoms with Crippen molar-refractivity contribution in [3.8, 4) is 0 Å². The molecule has 8 heteroatoms. The van der Waals surface area contributed by atoms with Crippen molar-refractivity contribution in [2.45, 2.75) is 6.04 Å². The van der Waals surface area contributed by atoms with Crippen molar-refractivity contribution in [2.75, 3.05) is 32.1 Å². The van der Waals surface area contributed by atoms with Gasteiger partial charge in [-0.15, -0.1) is 11.3 Å². The Morgan fingerprint density at radius 3 is 2.50 bits per heavy atom. The fraction of sp³-hybridized carbons (Fsp3) is 0.600. The summed E-state index contributed by atoms with van der Waals surface area (Å²) in [5.41, 5.74) is 5.79. The zero-order chi connectivity index (χ0) is 13.9. The summed E-state index contributed by atoms with van der Waals surface area (Å²) in [6.45, 7) is 0.938. The quantitative estimate of drug-likeness (QED) is 0.767. The van der Waals surface area contributed by atoms with E-state index in [2.05, 4.69) is 31.9 Å². The van der Waals surface area contributed by atoms with Gasteiger partial charge in [-0.25, -0.2) is 8.42 Å². The molecular formula is C10H16Br2N2O2S2. The molecule has 0 radical (unpaired) electrons. The van der Waals surface area contributed by atoms with Crippen LogP contribution in [0, 0.1) is 0 Å². The molecule has 0 aromatic carbocycles. The zero-order valence-corrected chi connectivity index (χ0v) is 15.0. The Morgan fingerprint density at radius 2 is 2.11 bits per heavy atom. The van der Waals surface area contributed by atoms with E-state index < -0.39 is 9.84 Å². The van der Waals surface area contributed by atoms with Crippen LogP contribution in [0.5, 0.6) is 0 Å². The predicted molar refractivity (Wildman–Crippen MR) is 83.9 cm³/mol. The molecule has 0 aliphatic heterocycles.